The maximum Gasteiger partial charge on any atom is 0.414 e. The summed E-state index contributed by atoms with van der Waals surface area (Å²) in [5.41, 5.74) is 0.894. The quantitative estimate of drug-likeness (QED) is 0.895. The molecule has 1 saturated heterocycles. The van der Waals surface area contributed by atoms with Crippen molar-refractivity contribution in [1.82, 2.24) is 15.2 Å². The number of likely N-dealkylation sites (tertiary alicyclic amines) is 1. The van der Waals surface area contributed by atoms with Gasteiger partial charge in [0.1, 0.15) is 0 Å². The molecule has 0 aromatic carbocycles. The van der Waals surface area contributed by atoms with Crippen LogP contribution in [-0.4, -0.2) is 46.4 Å². The van der Waals surface area contributed by atoms with Crippen LogP contribution in [0.5, 0.6) is 0 Å². The Morgan fingerprint density at radius 1 is 1.36 bits per heavy atom. The van der Waals surface area contributed by atoms with E-state index in [4.69, 9.17) is 0 Å². The van der Waals surface area contributed by atoms with Gasteiger partial charge in [0.2, 0.25) is 0 Å². The van der Waals surface area contributed by atoms with Crippen LogP contribution in [-0.2, 0) is 6.54 Å². The molecule has 1 atom stereocenters. The van der Waals surface area contributed by atoms with E-state index in [1.54, 1.807) is 24.5 Å². The van der Waals surface area contributed by atoms with Crippen LogP contribution in [0.4, 0.5) is 18.0 Å². The molecule has 2 amide bonds. The number of nitrogens with zero attached hydrogens (tertiary/aromatic N) is 2. The topological polar surface area (TPSA) is 65.5 Å². The molecule has 8 heteroatoms. The van der Waals surface area contributed by atoms with Gasteiger partial charge in [-0.15, -0.1) is 0 Å². The fourth-order valence-electron chi connectivity index (χ4n) is 2.48. The highest BCUT2D eigenvalue weighted by Crippen LogP contribution is 2.31. The molecule has 1 fully saturated rings. The molecule has 0 bridgehead atoms. The number of hydrogen-bond acceptors (Lipinski definition) is 3. The van der Waals surface area contributed by atoms with E-state index in [0.29, 0.717) is 6.54 Å². The van der Waals surface area contributed by atoms with Crippen molar-refractivity contribution in [1.29, 1.82) is 0 Å². The molecule has 0 saturated carbocycles. The first-order valence-corrected chi connectivity index (χ1v) is 7.04. The van der Waals surface area contributed by atoms with Crippen LogP contribution in [0.15, 0.2) is 24.5 Å². The van der Waals surface area contributed by atoms with E-state index < -0.39 is 18.2 Å². The summed E-state index contributed by atoms with van der Waals surface area (Å²) in [4.78, 5) is 17.3. The zero-order valence-corrected chi connectivity index (χ0v) is 11.9. The molecule has 2 rings (SSSR count). The molecule has 2 heterocycles. The Hall–Kier alpha value is -1.83. The molecule has 0 aliphatic carbocycles. The Morgan fingerprint density at radius 2 is 1.95 bits per heavy atom. The first-order chi connectivity index (χ1) is 10.4. The van der Waals surface area contributed by atoms with Gasteiger partial charge in [-0.2, -0.15) is 13.2 Å². The smallest absolute Gasteiger partial charge is 0.383 e. The summed E-state index contributed by atoms with van der Waals surface area (Å²) >= 11 is 0. The van der Waals surface area contributed by atoms with Crippen LogP contribution in [0.25, 0.3) is 0 Å². The summed E-state index contributed by atoms with van der Waals surface area (Å²) in [7, 11) is 0. The predicted molar refractivity (Wildman–Crippen MR) is 72.8 cm³/mol. The maximum absolute atomic E-state index is 12.4. The maximum atomic E-state index is 12.4. The molecule has 0 radical (unpaired) electrons. The highest BCUT2D eigenvalue weighted by molar-refractivity contribution is 5.74. The molecule has 1 aliphatic heterocycles. The molecule has 5 nitrogen and oxygen atoms in total. The zero-order valence-electron chi connectivity index (χ0n) is 11.9. The molecule has 0 spiro atoms. The van der Waals surface area contributed by atoms with Crippen molar-refractivity contribution in [3.8, 4) is 0 Å². The lowest BCUT2D eigenvalue weighted by Gasteiger charge is -2.34. The van der Waals surface area contributed by atoms with E-state index in [0.717, 1.165) is 5.56 Å². The second kappa shape index (κ2) is 6.95. The van der Waals surface area contributed by atoms with Crippen molar-refractivity contribution >= 4 is 6.03 Å². The van der Waals surface area contributed by atoms with E-state index in [1.165, 1.54) is 4.90 Å². The number of hydrogen-bond donors (Lipinski definition) is 2. The molecular weight excluding hydrogens is 299 g/mol. The van der Waals surface area contributed by atoms with E-state index in [2.05, 4.69) is 10.3 Å². The monoisotopic (exact) mass is 317 g/mol. The lowest BCUT2D eigenvalue weighted by molar-refractivity contribution is -0.222. The number of halogens is 3. The Morgan fingerprint density at radius 3 is 2.50 bits per heavy atom. The predicted octanol–water partition coefficient (Wildman–Crippen LogP) is 1.93. The first-order valence-electron chi connectivity index (χ1n) is 7.04. The Balaban J connectivity index is 1.78. The van der Waals surface area contributed by atoms with Crippen molar-refractivity contribution in [2.24, 2.45) is 5.92 Å². The minimum absolute atomic E-state index is 0.142. The number of carbonyl (C=O) groups excluding carboxylic acids is 1. The minimum Gasteiger partial charge on any atom is -0.383 e. The average Bonchev–Trinajstić information content (AvgIpc) is 2.52. The number of alkyl halides is 3. The van der Waals surface area contributed by atoms with Gasteiger partial charge < -0.3 is 15.3 Å². The molecule has 1 aromatic rings. The normalized spacial score (nSPS) is 18.1. The molecule has 0 unspecified atom stereocenters. The van der Waals surface area contributed by atoms with E-state index in [1.807, 2.05) is 0 Å². The van der Waals surface area contributed by atoms with Gasteiger partial charge in [0, 0.05) is 32.0 Å². The Bertz CT molecular complexity index is 488. The summed E-state index contributed by atoms with van der Waals surface area (Å²) in [6, 6.07) is 3.23. The zero-order chi connectivity index (χ0) is 16.2. The number of nitrogens with one attached hydrogen (secondary N) is 1. The fraction of sp³-hybridized carbons (Fsp3) is 0.571. The summed E-state index contributed by atoms with van der Waals surface area (Å²) in [5, 5.41) is 12.0. The van der Waals surface area contributed by atoms with Crippen molar-refractivity contribution < 1.29 is 23.1 Å². The highest BCUT2D eigenvalue weighted by atomic mass is 19.4. The second-order valence-corrected chi connectivity index (χ2v) is 5.33. The number of urea groups is 1. The fourth-order valence-corrected chi connectivity index (χ4v) is 2.48. The van der Waals surface area contributed by atoms with E-state index in [-0.39, 0.29) is 32.0 Å². The molecular formula is C14H18F3N3O2. The van der Waals surface area contributed by atoms with Gasteiger partial charge in [0.15, 0.2) is 6.10 Å². The van der Waals surface area contributed by atoms with Gasteiger partial charge in [-0.05, 0) is 36.5 Å². The van der Waals surface area contributed by atoms with Gasteiger partial charge in [0.05, 0.1) is 0 Å². The van der Waals surface area contributed by atoms with Crippen LogP contribution in [0, 0.1) is 5.92 Å². The SMILES string of the molecule is O=C(NCc1ccncc1)N1CCC([C@@H](O)C(F)(F)F)CC1. The lowest BCUT2D eigenvalue weighted by Crippen LogP contribution is -2.48. The third-order valence-electron chi connectivity index (χ3n) is 3.80. The summed E-state index contributed by atoms with van der Waals surface area (Å²) in [6.45, 7) is 0.756. The lowest BCUT2D eigenvalue weighted by atomic mass is 9.91. The summed E-state index contributed by atoms with van der Waals surface area (Å²) in [6.07, 6.45) is -3.39. The molecule has 2 N–H and O–H groups in total. The van der Waals surface area contributed by atoms with E-state index >= 15 is 0 Å². The van der Waals surface area contributed by atoms with Gasteiger partial charge in [-0.1, -0.05) is 0 Å². The van der Waals surface area contributed by atoms with Gasteiger partial charge in [-0.25, -0.2) is 4.79 Å². The Labute approximate surface area is 126 Å². The number of pyridine rings is 1. The van der Waals surface area contributed by atoms with Crippen LogP contribution in [0.1, 0.15) is 18.4 Å². The molecule has 1 aliphatic rings. The number of amides is 2. The second-order valence-electron chi connectivity index (χ2n) is 5.33. The number of rotatable bonds is 3. The van der Waals surface area contributed by atoms with Crippen LogP contribution < -0.4 is 5.32 Å². The van der Waals surface area contributed by atoms with Crippen molar-refractivity contribution in [3.63, 3.8) is 0 Å². The molecule has 122 valence electrons. The standard InChI is InChI=1S/C14H18F3N3O2/c15-14(16,17)12(21)11-3-7-20(8-4-11)13(22)19-9-10-1-5-18-6-2-10/h1-2,5-6,11-12,21H,3-4,7-9H2,(H,19,22)/t12-/m1/s1. The van der Waals surface area contributed by atoms with Crippen LogP contribution in [0.3, 0.4) is 0 Å². The summed E-state index contributed by atoms with van der Waals surface area (Å²) < 4.78 is 37.3. The molecule has 22 heavy (non-hydrogen) atoms. The van der Waals surface area contributed by atoms with E-state index in [9.17, 15) is 23.1 Å². The van der Waals surface area contributed by atoms with Crippen LogP contribution >= 0.6 is 0 Å². The van der Waals surface area contributed by atoms with Crippen molar-refractivity contribution in [2.45, 2.75) is 31.7 Å². The third kappa shape index (κ3) is 4.33. The largest absolute Gasteiger partial charge is 0.414 e. The van der Waals surface area contributed by atoms with Crippen molar-refractivity contribution in [2.75, 3.05) is 13.1 Å². The molecule has 1 aromatic heterocycles. The van der Waals surface area contributed by atoms with Crippen molar-refractivity contribution in [3.05, 3.63) is 30.1 Å². The first kappa shape index (κ1) is 16.5. The third-order valence-corrected chi connectivity index (χ3v) is 3.80. The number of aromatic nitrogens is 1. The summed E-state index contributed by atoms with van der Waals surface area (Å²) in [5.74, 6) is -0.843. The highest BCUT2D eigenvalue weighted by Gasteiger charge is 2.44. The number of aliphatic hydroxyl groups excluding tert-OH is 1. The number of carbonyl (C=O) groups is 1. The number of piperidine rings is 1. The van der Waals surface area contributed by atoms with Gasteiger partial charge in [0.25, 0.3) is 0 Å². The minimum atomic E-state index is -4.60. The Kier molecular flexibility index (Phi) is 5.23. The van der Waals surface area contributed by atoms with Crippen LogP contribution in [0.2, 0.25) is 0 Å². The number of aliphatic hydroxyl groups is 1. The van der Waals surface area contributed by atoms with Gasteiger partial charge >= 0.3 is 12.2 Å². The average molecular weight is 317 g/mol. The van der Waals surface area contributed by atoms with Gasteiger partial charge in [-0.3, -0.25) is 4.98 Å².